The molecule has 0 aliphatic carbocycles. The van der Waals surface area contributed by atoms with Crippen LogP contribution >= 0.6 is 23.1 Å². The van der Waals surface area contributed by atoms with Gasteiger partial charge in [-0.05, 0) is 37.1 Å². The SMILES string of the molecule is CCCNCc1ccc(Sc2nccs2)c(C)c1. The van der Waals surface area contributed by atoms with Crippen LogP contribution in [-0.4, -0.2) is 11.5 Å². The molecular formula is C14H18N2S2. The van der Waals surface area contributed by atoms with Crippen LogP contribution in [0.5, 0.6) is 0 Å². The van der Waals surface area contributed by atoms with Crippen LogP contribution in [0.1, 0.15) is 24.5 Å². The summed E-state index contributed by atoms with van der Waals surface area (Å²) in [6, 6.07) is 6.66. The lowest BCUT2D eigenvalue weighted by molar-refractivity contribution is 0.675. The number of thiazole rings is 1. The van der Waals surface area contributed by atoms with E-state index in [1.807, 2.05) is 11.6 Å². The summed E-state index contributed by atoms with van der Waals surface area (Å²) < 4.78 is 1.11. The van der Waals surface area contributed by atoms with Gasteiger partial charge in [0.25, 0.3) is 0 Å². The zero-order valence-corrected chi connectivity index (χ0v) is 12.4. The third-order valence-electron chi connectivity index (χ3n) is 2.60. The fourth-order valence-electron chi connectivity index (χ4n) is 1.70. The molecule has 0 fully saturated rings. The van der Waals surface area contributed by atoms with E-state index in [2.05, 4.69) is 42.3 Å². The summed E-state index contributed by atoms with van der Waals surface area (Å²) in [5.41, 5.74) is 2.68. The fourth-order valence-corrected chi connectivity index (χ4v) is 3.35. The van der Waals surface area contributed by atoms with Gasteiger partial charge in [0, 0.05) is 23.0 Å². The summed E-state index contributed by atoms with van der Waals surface area (Å²) in [5.74, 6) is 0. The normalized spacial score (nSPS) is 10.8. The van der Waals surface area contributed by atoms with Crippen LogP contribution < -0.4 is 5.32 Å². The molecule has 0 atom stereocenters. The molecule has 1 aromatic heterocycles. The molecule has 18 heavy (non-hydrogen) atoms. The first-order valence-electron chi connectivity index (χ1n) is 6.17. The lowest BCUT2D eigenvalue weighted by Crippen LogP contribution is -2.13. The lowest BCUT2D eigenvalue weighted by Gasteiger charge is -2.08. The maximum atomic E-state index is 4.30. The molecule has 0 aliphatic heterocycles. The Kier molecular flexibility index (Phi) is 5.23. The molecule has 96 valence electrons. The predicted molar refractivity (Wildman–Crippen MR) is 79.4 cm³/mol. The average molecular weight is 278 g/mol. The lowest BCUT2D eigenvalue weighted by atomic mass is 10.1. The van der Waals surface area contributed by atoms with Crippen molar-refractivity contribution in [1.82, 2.24) is 10.3 Å². The Balaban J connectivity index is 2.01. The molecule has 2 rings (SSSR count). The molecule has 1 N–H and O–H groups in total. The number of nitrogens with one attached hydrogen (secondary N) is 1. The molecule has 0 unspecified atom stereocenters. The number of benzene rings is 1. The first kappa shape index (κ1) is 13.6. The Morgan fingerprint density at radius 3 is 2.94 bits per heavy atom. The Labute approximate surface area is 117 Å². The van der Waals surface area contributed by atoms with Crippen molar-refractivity contribution in [3.63, 3.8) is 0 Å². The van der Waals surface area contributed by atoms with Gasteiger partial charge in [0.05, 0.1) is 0 Å². The second kappa shape index (κ2) is 6.92. The van der Waals surface area contributed by atoms with Crippen molar-refractivity contribution in [2.75, 3.05) is 6.54 Å². The molecule has 0 spiro atoms. The van der Waals surface area contributed by atoms with Crippen LogP contribution in [-0.2, 0) is 6.54 Å². The van der Waals surface area contributed by atoms with Crippen LogP contribution in [0.15, 0.2) is 39.0 Å². The van der Waals surface area contributed by atoms with E-state index < -0.39 is 0 Å². The van der Waals surface area contributed by atoms with Gasteiger partial charge in [-0.1, -0.05) is 30.8 Å². The minimum Gasteiger partial charge on any atom is -0.313 e. The topological polar surface area (TPSA) is 24.9 Å². The van der Waals surface area contributed by atoms with Crippen LogP contribution in [0.2, 0.25) is 0 Å². The summed E-state index contributed by atoms with van der Waals surface area (Å²) in [6.45, 7) is 6.39. The van der Waals surface area contributed by atoms with Crippen molar-refractivity contribution in [3.05, 3.63) is 40.9 Å². The predicted octanol–water partition coefficient (Wildman–Crippen LogP) is 4.10. The van der Waals surface area contributed by atoms with E-state index in [0.717, 1.165) is 17.4 Å². The van der Waals surface area contributed by atoms with Gasteiger partial charge in [-0.2, -0.15) is 0 Å². The van der Waals surface area contributed by atoms with Crippen molar-refractivity contribution in [3.8, 4) is 0 Å². The van der Waals surface area contributed by atoms with Gasteiger partial charge < -0.3 is 5.32 Å². The summed E-state index contributed by atoms with van der Waals surface area (Å²) >= 11 is 3.43. The smallest absolute Gasteiger partial charge is 0.154 e. The third-order valence-corrected chi connectivity index (χ3v) is 4.66. The standard InChI is InChI=1S/C14H18N2S2/c1-3-6-15-10-12-4-5-13(11(2)9-12)18-14-16-7-8-17-14/h4-5,7-9,15H,3,6,10H2,1-2H3. The summed E-state index contributed by atoms with van der Waals surface area (Å²) in [6.07, 6.45) is 3.03. The first-order valence-corrected chi connectivity index (χ1v) is 7.87. The monoisotopic (exact) mass is 278 g/mol. The molecule has 1 aromatic carbocycles. The molecular weight excluding hydrogens is 260 g/mol. The molecule has 2 nitrogen and oxygen atoms in total. The van der Waals surface area contributed by atoms with E-state index in [4.69, 9.17) is 0 Å². The summed E-state index contributed by atoms with van der Waals surface area (Å²) in [4.78, 5) is 5.60. The molecule has 2 aromatic rings. The minimum absolute atomic E-state index is 0.955. The maximum absolute atomic E-state index is 4.30. The number of aromatic nitrogens is 1. The van der Waals surface area contributed by atoms with Crippen LogP contribution in [0.3, 0.4) is 0 Å². The van der Waals surface area contributed by atoms with Crippen molar-refractivity contribution < 1.29 is 0 Å². The van der Waals surface area contributed by atoms with Crippen LogP contribution in [0.4, 0.5) is 0 Å². The molecule has 1 heterocycles. The van der Waals surface area contributed by atoms with E-state index in [0.29, 0.717) is 0 Å². The van der Waals surface area contributed by atoms with E-state index >= 15 is 0 Å². The largest absolute Gasteiger partial charge is 0.313 e. The Bertz CT molecular complexity index is 481. The second-order valence-corrected chi connectivity index (χ2v) is 6.36. The molecule has 0 aliphatic rings. The summed E-state index contributed by atoms with van der Waals surface area (Å²) in [7, 11) is 0. The molecule has 0 bridgehead atoms. The van der Waals surface area contributed by atoms with Crippen molar-refractivity contribution in [1.29, 1.82) is 0 Å². The van der Waals surface area contributed by atoms with Gasteiger partial charge in [-0.15, -0.1) is 11.3 Å². The van der Waals surface area contributed by atoms with Gasteiger partial charge in [-0.25, -0.2) is 4.98 Å². The molecule has 0 saturated heterocycles. The first-order chi connectivity index (χ1) is 8.79. The number of rotatable bonds is 6. The quantitative estimate of drug-likeness (QED) is 0.805. The third kappa shape index (κ3) is 3.83. The van der Waals surface area contributed by atoms with Crippen molar-refractivity contribution in [2.45, 2.75) is 36.0 Å². The summed E-state index contributed by atoms with van der Waals surface area (Å²) in [5, 5.41) is 5.44. The molecule has 0 saturated carbocycles. The number of hydrogen-bond donors (Lipinski definition) is 1. The molecule has 0 radical (unpaired) electrons. The Morgan fingerprint density at radius 2 is 2.28 bits per heavy atom. The highest BCUT2D eigenvalue weighted by Gasteiger charge is 2.04. The zero-order chi connectivity index (χ0) is 12.8. The van der Waals surface area contributed by atoms with Gasteiger partial charge >= 0.3 is 0 Å². The van der Waals surface area contributed by atoms with E-state index in [9.17, 15) is 0 Å². The zero-order valence-electron chi connectivity index (χ0n) is 10.8. The van der Waals surface area contributed by atoms with Crippen LogP contribution in [0, 0.1) is 6.92 Å². The highest BCUT2D eigenvalue weighted by molar-refractivity contribution is 8.01. The maximum Gasteiger partial charge on any atom is 0.154 e. The fraction of sp³-hybridized carbons (Fsp3) is 0.357. The average Bonchev–Trinajstić information content (AvgIpc) is 2.86. The van der Waals surface area contributed by atoms with Gasteiger partial charge in [0.1, 0.15) is 0 Å². The van der Waals surface area contributed by atoms with Gasteiger partial charge in [-0.3, -0.25) is 0 Å². The number of nitrogens with zero attached hydrogens (tertiary/aromatic N) is 1. The van der Waals surface area contributed by atoms with E-state index in [1.54, 1.807) is 23.1 Å². The Hall–Kier alpha value is -0.840. The highest BCUT2D eigenvalue weighted by Crippen LogP contribution is 2.31. The number of aryl methyl sites for hydroxylation is 1. The van der Waals surface area contributed by atoms with Crippen molar-refractivity contribution >= 4 is 23.1 Å². The van der Waals surface area contributed by atoms with E-state index in [1.165, 1.54) is 22.4 Å². The van der Waals surface area contributed by atoms with Crippen LogP contribution in [0.25, 0.3) is 0 Å². The number of hydrogen-bond acceptors (Lipinski definition) is 4. The Morgan fingerprint density at radius 1 is 1.39 bits per heavy atom. The highest BCUT2D eigenvalue weighted by atomic mass is 32.2. The minimum atomic E-state index is 0.955. The van der Waals surface area contributed by atoms with Crippen molar-refractivity contribution in [2.24, 2.45) is 0 Å². The van der Waals surface area contributed by atoms with Gasteiger partial charge in [0.2, 0.25) is 0 Å². The van der Waals surface area contributed by atoms with E-state index in [-0.39, 0.29) is 0 Å². The molecule has 0 amide bonds. The molecule has 4 heteroatoms. The second-order valence-electron chi connectivity index (χ2n) is 4.18. The van der Waals surface area contributed by atoms with Gasteiger partial charge in [0.15, 0.2) is 4.34 Å².